The van der Waals surface area contributed by atoms with Gasteiger partial charge in [-0.1, -0.05) is 18.2 Å². The van der Waals surface area contributed by atoms with Crippen molar-refractivity contribution in [1.29, 1.82) is 0 Å². The topological polar surface area (TPSA) is 224 Å². The lowest BCUT2D eigenvalue weighted by Gasteiger charge is -2.23. The number of carboxylic acid groups (broad SMARTS) is 1. The minimum Gasteiger partial charge on any atom is -0.480 e. The third-order valence-electron chi connectivity index (χ3n) is 6.09. The number of nitrogens with zero attached hydrogens (tertiary/aromatic N) is 2. The van der Waals surface area contributed by atoms with Gasteiger partial charge in [-0.25, -0.2) is 9.97 Å². The molecule has 3 heterocycles. The monoisotopic (exact) mass is 535 g/mol. The Kier molecular flexibility index (Phi) is 8.68. The van der Waals surface area contributed by atoms with E-state index in [0.29, 0.717) is 11.4 Å². The number of imidazole rings is 2. The van der Waals surface area contributed by atoms with E-state index in [1.54, 1.807) is 6.20 Å². The number of nitrogens with one attached hydrogen (secondary N) is 6. The van der Waals surface area contributed by atoms with E-state index in [9.17, 15) is 19.2 Å². The molecule has 14 nitrogen and oxygen atoms in total. The lowest BCUT2D eigenvalue weighted by molar-refractivity contribution is -0.138. The second-order valence-electron chi connectivity index (χ2n) is 8.97. The quantitative estimate of drug-likeness (QED) is 0.107. The van der Waals surface area contributed by atoms with Crippen molar-refractivity contribution in [1.82, 2.24) is 40.9 Å². The third-order valence-corrected chi connectivity index (χ3v) is 6.09. The summed E-state index contributed by atoms with van der Waals surface area (Å²) in [6, 6.07) is 4.43. The predicted molar refractivity (Wildman–Crippen MR) is 139 cm³/mol. The van der Waals surface area contributed by atoms with Gasteiger partial charge in [0, 0.05) is 53.7 Å². The summed E-state index contributed by atoms with van der Waals surface area (Å²) in [6.07, 6.45) is 7.94. The molecule has 0 saturated heterocycles. The van der Waals surface area contributed by atoms with Crippen LogP contribution in [0.4, 0.5) is 0 Å². The van der Waals surface area contributed by atoms with Gasteiger partial charge in [0.2, 0.25) is 17.7 Å². The molecular formula is C25H29N9O5. The van der Waals surface area contributed by atoms with Crippen molar-refractivity contribution in [3.63, 3.8) is 0 Å². The zero-order valence-corrected chi connectivity index (χ0v) is 20.8. The Morgan fingerprint density at radius 2 is 1.46 bits per heavy atom. The van der Waals surface area contributed by atoms with Gasteiger partial charge in [0.25, 0.3) is 0 Å². The number of aromatic nitrogens is 5. The fraction of sp³-hybridized carbons (Fsp3) is 0.280. The van der Waals surface area contributed by atoms with E-state index in [4.69, 9.17) is 10.8 Å². The second-order valence-corrected chi connectivity index (χ2v) is 8.97. The number of nitrogens with two attached hydrogens (primary N) is 1. The molecule has 204 valence electrons. The molecule has 0 aliphatic rings. The summed E-state index contributed by atoms with van der Waals surface area (Å²) in [5.41, 5.74) is 9.11. The van der Waals surface area contributed by atoms with Crippen LogP contribution in [-0.2, 0) is 38.4 Å². The number of carbonyl (C=O) groups excluding carboxylic acids is 3. The number of benzene rings is 1. The normalized spacial score (nSPS) is 13.4. The van der Waals surface area contributed by atoms with Gasteiger partial charge in [0.05, 0.1) is 18.7 Å². The first-order valence-electron chi connectivity index (χ1n) is 12.2. The van der Waals surface area contributed by atoms with Gasteiger partial charge < -0.3 is 41.7 Å². The van der Waals surface area contributed by atoms with Gasteiger partial charge in [0.15, 0.2) is 0 Å². The molecule has 1 aromatic carbocycles. The fourth-order valence-electron chi connectivity index (χ4n) is 4.12. The van der Waals surface area contributed by atoms with Crippen LogP contribution in [0.25, 0.3) is 10.9 Å². The van der Waals surface area contributed by atoms with E-state index in [0.717, 1.165) is 16.5 Å². The van der Waals surface area contributed by atoms with Crippen LogP contribution in [0.15, 0.2) is 55.5 Å². The summed E-state index contributed by atoms with van der Waals surface area (Å²) in [5, 5.41) is 17.4. The number of aromatic amines is 3. The van der Waals surface area contributed by atoms with E-state index in [2.05, 4.69) is 40.9 Å². The Balaban J connectivity index is 1.47. The first kappa shape index (κ1) is 27.1. The van der Waals surface area contributed by atoms with Gasteiger partial charge in [-0.2, -0.15) is 0 Å². The number of fused-ring (bicyclic) bond motifs is 1. The number of para-hydroxylation sites is 1. The van der Waals surface area contributed by atoms with E-state index < -0.39 is 48.4 Å². The number of carboxylic acids is 1. The van der Waals surface area contributed by atoms with Crippen molar-refractivity contribution in [2.24, 2.45) is 5.73 Å². The van der Waals surface area contributed by atoms with Crippen LogP contribution in [0, 0.1) is 0 Å². The Morgan fingerprint density at radius 1 is 0.846 bits per heavy atom. The summed E-state index contributed by atoms with van der Waals surface area (Å²) < 4.78 is 0. The van der Waals surface area contributed by atoms with Crippen molar-refractivity contribution < 1.29 is 24.3 Å². The van der Waals surface area contributed by atoms with Gasteiger partial charge in [-0.15, -0.1) is 0 Å². The van der Waals surface area contributed by atoms with Crippen LogP contribution >= 0.6 is 0 Å². The summed E-state index contributed by atoms with van der Waals surface area (Å²) in [7, 11) is 0. The molecule has 4 aromatic rings. The van der Waals surface area contributed by atoms with Crippen LogP contribution in [-0.4, -0.2) is 78.4 Å². The molecule has 4 rings (SSSR count). The van der Waals surface area contributed by atoms with E-state index in [-0.39, 0.29) is 19.3 Å². The van der Waals surface area contributed by atoms with Crippen molar-refractivity contribution in [2.75, 3.05) is 6.54 Å². The zero-order valence-electron chi connectivity index (χ0n) is 20.8. The number of amides is 3. The molecule has 0 saturated carbocycles. The average Bonchev–Trinajstić information content (AvgIpc) is 3.70. The molecule has 3 aromatic heterocycles. The lowest BCUT2D eigenvalue weighted by atomic mass is 10.0. The fourth-order valence-corrected chi connectivity index (χ4v) is 4.12. The van der Waals surface area contributed by atoms with Crippen LogP contribution < -0.4 is 21.7 Å². The van der Waals surface area contributed by atoms with E-state index >= 15 is 0 Å². The summed E-state index contributed by atoms with van der Waals surface area (Å²) in [5.74, 6) is -3.15. The highest BCUT2D eigenvalue weighted by Crippen LogP contribution is 2.18. The number of hydrogen-bond donors (Lipinski definition) is 8. The van der Waals surface area contributed by atoms with Crippen molar-refractivity contribution in [3.8, 4) is 0 Å². The third kappa shape index (κ3) is 7.29. The highest BCUT2D eigenvalue weighted by atomic mass is 16.4. The summed E-state index contributed by atoms with van der Waals surface area (Å²) in [4.78, 5) is 66.8. The Hall–Kier alpha value is -4.98. The van der Waals surface area contributed by atoms with Crippen molar-refractivity contribution in [3.05, 3.63) is 72.5 Å². The van der Waals surface area contributed by atoms with Gasteiger partial charge >= 0.3 is 5.97 Å². The predicted octanol–water partition coefficient (Wildman–Crippen LogP) is -0.860. The maximum Gasteiger partial charge on any atom is 0.322 e. The minimum absolute atomic E-state index is 0.0159. The molecule has 3 amide bonds. The van der Waals surface area contributed by atoms with Crippen LogP contribution in [0.5, 0.6) is 0 Å². The number of H-pyrrole nitrogens is 3. The number of aliphatic carboxylic acids is 1. The van der Waals surface area contributed by atoms with Gasteiger partial charge in [0.1, 0.15) is 18.6 Å². The minimum atomic E-state index is -1.23. The van der Waals surface area contributed by atoms with Crippen molar-refractivity contribution in [2.45, 2.75) is 37.4 Å². The molecule has 0 spiro atoms. The second kappa shape index (κ2) is 12.5. The average molecular weight is 536 g/mol. The lowest BCUT2D eigenvalue weighted by Crippen LogP contribution is -2.57. The Bertz CT molecular complexity index is 1410. The maximum absolute atomic E-state index is 13.4. The van der Waals surface area contributed by atoms with Gasteiger partial charge in [-0.05, 0) is 18.1 Å². The first-order chi connectivity index (χ1) is 18.8. The van der Waals surface area contributed by atoms with Crippen molar-refractivity contribution >= 4 is 34.6 Å². The summed E-state index contributed by atoms with van der Waals surface area (Å²) in [6.45, 7) is -0.620. The molecule has 0 aliphatic heterocycles. The number of rotatable bonds is 13. The zero-order chi connectivity index (χ0) is 27.8. The van der Waals surface area contributed by atoms with Crippen LogP contribution in [0.1, 0.15) is 17.0 Å². The first-order valence-corrected chi connectivity index (χ1v) is 12.2. The maximum atomic E-state index is 13.4. The van der Waals surface area contributed by atoms with Crippen LogP contribution in [0.3, 0.4) is 0 Å². The standard InChI is InChI=1S/C25H29N9O5/c26-18(5-14-8-29-19-4-2-1-3-17(14)19)23(37)33-21(7-16-10-28-13-32-16)25(39)34-20(6-15-9-27-12-31-15)24(38)30-11-22(35)36/h1-4,8-10,12-13,18,20-21,29H,5-7,11,26H2,(H,27,31)(H,28,32)(H,30,38)(H,33,37)(H,34,39)(H,35,36). The van der Waals surface area contributed by atoms with Crippen LogP contribution in [0.2, 0.25) is 0 Å². The molecule has 0 radical (unpaired) electrons. The molecule has 3 unspecified atom stereocenters. The van der Waals surface area contributed by atoms with E-state index in [1.165, 1.54) is 25.0 Å². The number of carbonyl (C=O) groups is 4. The molecule has 0 aliphatic carbocycles. The Morgan fingerprint density at radius 3 is 2.08 bits per heavy atom. The molecule has 9 N–H and O–H groups in total. The molecule has 0 fully saturated rings. The molecule has 39 heavy (non-hydrogen) atoms. The molecular weight excluding hydrogens is 506 g/mol. The largest absolute Gasteiger partial charge is 0.480 e. The highest BCUT2D eigenvalue weighted by Gasteiger charge is 2.29. The SMILES string of the molecule is NC(Cc1c[nH]c2ccccc12)C(=O)NC(Cc1cnc[nH]1)C(=O)NC(Cc1cnc[nH]1)C(=O)NCC(=O)O. The summed E-state index contributed by atoms with van der Waals surface area (Å²) >= 11 is 0. The molecule has 0 bridgehead atoms. The Labute approximate surface area is 222 Å². The molecule has 3 atom stereocenters. The van der Waals surface area contributed by atoms with Gasteiger partial charge in [-0.3, -0.25) is 19.2 Å². The molecule has 14 heteroatoms. The number of hydrogen-bond acceptors (Lipinski definition) is 7. The highest BCUT2D eigenvalue weighted by molar-refractivity contribution is 5.94. The smallest absolute Gasteiger partial charge is 0.322 e. The van der Waals surface area contributed by atoms with E-state index in [1.807, 2.05) is 24.3 Å².